The average Bonchev–Trinajstić information content (AvgIpc) is 2.79. The number of pyridine rings is 2. The molecule has 0 atom stereocenters. The third-order valence-corrected chi connectivity index (χ3v) is 4.02. The molecule has 5 nitrogen and oxygen atoms in total. The molecule has 0 aliphatic rings. The molecule has 3 aromatic rings. The SMILES string of the molecule is ClCCCOc1cccnc1.c1ccc(CNCCCOc2cccnc2)cc1. The van der Waals surface area contributed by atoms with Gasteiger partial charge >= 0.3 is 0 Å². The van der Waals surface area contributed by atoms with Gasteiger partial charge in [-0.25, -0.2) is 0 Å². The zero-order valence-corrected chi connectivity index (χ0v) is 17.3. The molecule has 0 spiro atoms. The number of alkyl halides is 1. The monoisotopic (exact) mass is 413 g/mol. The fraction of sp³-hybridized carbons (Fsp3) is 0.304. The quantitative estimate of drug-likeness (QED) is 0.364. The molecule has 1 N–H and O–H groups in total. The molecule has 2 heterocycles. The summed E-state index contributed by atoms with van der Waals surface area (Å²) in [6, 6.07) is 17.9. The molecule has 0 radical (unpaired) electrons. The van der Waals surface area contributed by atoms with Gasteiger partial charge in [0.1, 0.15) is 11.5 Å². The molecule has 0 fully saturated rings. The van der Waals surface area contributed by atoms with Crippen molar-refractivity contribution < 1.29 is 9.47 Å². The van der Waals surface area contributed by atoms with Gasteiger partial charge < -0.3 is 14.8 Å². The molecule has 6 heteroatoms. The van der Waals surface area contributed by atoms with E-state index >= 15 is 0 Å². The van der Waals surface area contributed by atoms with Crippen molar-refractivity contribution in [2.45, 2.75) is 19.4 Å². The van der Waals surface area contributed by atoms with E-state index in [1.54, 1.807) is 24.8 Å². The highest BCUT2D eigenvalue weighted by atomic mass is 35.5. The van der Waals surface area contributed by atoms with Crippen LogP contribution in [-0.2, 0) is 6.54 Å². The molecule has 0 amide bonds. The lowest BCUT2D eigenvalue weighted by Crippen LogP contribution is -2.16. The van der Waals surface area contributed by atoms with Gasteiger partial charge in [-0.2, -0.15) is 0 Å². The van der Waals surface area contributed by atoms with E-state index in [0.717, 1.165) is 37.4 Å². The van der Waals surface area contributed by atoms with Crippen molar-refractivity contribution in [1.82, 2.24) is 15.3 Å². The van der Waals surface area contributed by atoms with E-state index in [1.165, 1.54) is 5.56 Å². The van der Waals surface area contributed by atoms with Gasteiger partial charge in [0, 0.05) is 24.8 Å². The Hall–Kier alpha value is -2.63. The maximum Gasteiger partial charge on any atom is 0.137 e. The maximum absolute atomic E-state index is 5.56. The minimum Gasteiger partial charge on any atom is -0.492 e. The van der Waals surface area contributed by atoms with Gasteiger partial charge in [0.15, 0.2) is 0 Å². The van der Waals surface area contributed by atoms with Crippen molar-refractivity contribution in [2.75, 3.05) is 25.6 Å². The van der Waals surface area contributed by atoms with Gasteiger partial charge in [-0.05, 0) is 49.2 Å². The second-order valence-corrected chi connectivity index (χ2v) is 6.51. The third kappa shape index (κ3) is 11.1. The average molecular weight is 414 g/mol. The number of nitrogens with one attached hydrogen (secondary N) is 1. The van der Waals surface area contributed by atoms with E-state index in [0.29, 0.717) is 19.1 Å². The van der Waals surface area contributed by atoms with Crippen LogP contribution in [0.4, 0.5) is 0 Å². The highest BCUT2D eigenvalue weighted by Gasteiger charge is 1.94. The molecule has 0 aliphatic heterocycles. The summed E-state index contributed by atoms with van der Waals surface area (Å²) < 4.78 is 10.9. The van der Waals surface area contributed by atoms with Gasteiger partial charge in [0.25, 0.3) is 0 Å². The van der Waals surface area contributed by atoms with Crippen LogP contribution in [0.3, 0.4) is 0 Å². The van der Waals surface area contributed by atoms with E-state index in [2.05, 4.69) is 39.6 Å². The van der Waals surface area contributed by atoms with Crippen LogP contribution < -0.4 is 14.8 Å². The van der Waals surface area contributed by atoms with Crippen LogP contribution in [0, 0.1) is 0 Å². The lowest BCUT2D eigenvalue weighted by Gasteiger charge is -2.06. The van der Waals surface area contributed by atoms with Crippen LogP contribution >= 0.6 is 11.6 Å². The van der Waals surface area contributed by atoms with E-state index in [4.69, 9.17) is 21.1 Å². The molecule has 1 aromatic carbocycles. The molecular formula is C23H28ClN3O2. The number of ether oxygens (including phenoxy) is 2. The van der Waals surface area contributed by atoms with E-state index in [-0.39, 0.29) is 0 Å². The summed E-state index contributed by atoms with van der Waals surface area (Å²) in [7, 11) is 0. The second kappa shape index (κ2) is 15.3. The highest BCUT2D eigenvalue weighted by Crippen LogP contribution is 2.06. The fourth-order valence-electron chi connectivity index (χ4n) is 2.33. The second-order valence-electron chi connectivity index (χ2n) is 6.13. The molecule has 0 unspecified atom stereocenters. The summed E-state index contributed by atoms with van der Waals surface area (Å²) in [4.78, 5) is 7.90. The number of benzene rings is 1. The Labute approximate surface area is 178 Å². The van der Waals surface area contributed by atoms with Crippen LogP contribution in [0.5, 0.6) is 11.5 Å². The molecule has 29 heavy (non-hydrogen) atoms. The molecule has 3 rings (SSSR count). The standard InChI is InChI=1S/C15H18N2O.C8H10ClNO/c1-2-6-14(7-3-1)12-16-10-5-11-18-15-8-4-9-17-13-15;9-4-2-6-11-8-3-1-5-10-7-8/h1-4,6-9,13,16H,5,10-12H2;1,3,5,7H,2,4,6H2. The number of aromatic nitrogens is 2. The Balaban J connectivity index is 0.000000234. The number of hydrogen-bond donors (Lipinski definition) is 1. The molecule has 0 aliphatic carbocycles. The van der Waals surface area contributed by atoms with E-state index in [9.17, 15) is 0 Å². The molecule has 154 valence electrons. The predicted octanol–water partition coefficient (Wildman–Crippen LogP) is 4.73. The van der Waals surface area contributed by atoms with E-state index in [1.807, 2.05) is 30.3 Å². The van der Waals surface area contributed by atoms with Gasteiger partial charge in [-0.3, -0.25) is 9.97 Å². The number of nitrogens with zero attached hydrogens (tertiary/aromatic N) is 2. The number of hydrogen-bond acceptors (Lipinski definition) is 5. The first kappa shape index (κ1) is 22.7. The summed E-state index contributed by atoms with van der Waals surface area (Å²) in [6.07, 6.45) is 8.74. The van der Waals surface area contributed by atoms with E-state index < -0.39 is 0 Å². The van der Waals surface area contributed by atoms with Crippen molar-refractivity contribution in [2.24, 2.45) is 0 Å². The van der Waals surface area contributed by atoms with Gasteiger partial charge in [0.2, 0.25) is 0 Å². The Morgan fingerprint density at radius 3 is 1.93 bits per heavy atom. The Morgan fingerprint density at radius 2 is 1.38 bits per heavy atom. The zero-order chi connectivity index (χ0) is 20.4. The minimum absolute atomic E-state index is 0.639. The van der Waals surface area contributed by atoms with Gasteiger partial charge in [0.05, 0.1) is 25.6 Å². The number of halogens is 1. The Bertz CT molecular complexity index is 702. The topological polar surface area (TPSA) is 56.3 Å². The smallest absolute Gasteiger partial charge is 0.137 e. The Kier molecular flexibility index (Phi) is 12.0. The summed E-state index contributed by atoms with van der Waals surface area (Å²) in [5.74, 6) is 2.28. The van der Waals surface area contributed by atoms with Crippen molar-refractivity contribution in [3.8, 4) is 11.5 Å². The first-order chi connectivity index (χ1) is 14.4. The summed E-state index contributed by atoms with van der Waals surface area (Å²) in [5.41, 5.74) is 1.31. The normalized spacial score (nSPS) is 9.97. The summed E-state index contributed by atoms with van der Waals surface area (Å²) in [5, 5.41) is 3.39. The number of rotatable bonds is 11. The maximum atomic E-state index is 5.56. The van der Waals surface area contributed by atoms with Gasteiger partial charge in [-0.15, -0.1) is 11.6 Å². The molecule has 0 saturated carbocycles. The van der Waals surface area contributed by atoms with Crippen LogP contribution in [0.1, 0.15) is 18.4 Å². The van der Waals surface area contributed by atoms with Crippen molar-refractivity contribution in [3.05, 3.63) is 84.9 Å². The zero-order valence-electron chi connectivity index (χ0n) is 16.5. The lowest BCUT2D eigenvalue weighted by molar-refractivity contribution is 0.307. The largest absolute Gasteiger partial charge is 0.492 e. The van der Waals surface area contributed by atoms with Crippen LogP contribution in [0.15, 0.2) is 79.4 Å². The summed E-state index contributed by atoms with van der Waals surface area (Å²) >= 11 is 5.47. The summed E-state index contributed by atoms with van der Waals surface area (Å²) in [6.45, 7) is 3.24. The van der Waals surface area contributed by atoms with Crippen molar-refractivity contribution in [1.29, 1.82) is 0 Å². The predicted molar refractivity (Wildman–Crippen MR) is 118 cm³/mol. The van der Waals surface area contributed by atoms with Crippen molar-refractivity contribution >= 4 is 11.6 Å². The van der Waals surface area contributed by atoms with Gasteiger partial charge in [-0.1, -0.05) is 30.3 Å². The first-order valence-corrected chi connectivity index (χ1v) is 10.3. The highest BCUT2D eigenvalue weighted by molar-refractivity contribution is 6.17. The Morgan fingerprint density at radius 1 is 0.759 bits per heavy atom. The molecule has 2 aromatic heterocycles. The first-order valence-electron chi connectivity index (χ1n) is 9.75. The van der Waals surface area contributed by atoms with Crippen LogP contribution in [0.2, 0.25) is 0 Å². The molecule has 0 bridgehead atoms. The molecular weight excluding hydrogens is 386 g/mol. The van der Waals surface area contributed by atoms with Crippen LogP contribution in [0.25, 0.3) is 0 Å². The van der Waals surface area contributed by atoms with Crippen molar-refractivity contribution in [3.63, 3.8) is 0 Å². The molecule has 0 saturated heterocycles. The van der Waals surface area contributed by atoms with Crippen LogP contribution in [-0.4, -0.2) is 35.6 Å². The third-order valence-electron chi connectivity index (χ3n) is 3.75. The fourth-order valence-corrected chi connectivity index (χ4v) is 2.43. The lowest BCUT2D eigenvalue weighted by atomic mass is 10.2. The minimum atomic E-state index is 0.639.